The molecule has 0 aromatic heterocycles. The molecule has 0 saturated heterocycles. The van der Waals surface area contributed by atoms with Crippen molar-refractivity contribution < 1.29 is 0 Å². The molecule has 0 aliphatic rings. The summed E-state index contributed by atoms with van der Waals surface area (Å²) >= 11 is 2.32. The Bertz CT molecular complexity index is 14.4. The van der Waals surface area contributed by atoms with E-state index in [9.17, 15) is 0 Å². The number of rotatable bonds is 2. The first kappa shape index (κ1) is 5.69. The van der Waals surface area contributed by atoms with Crippen LogP contribution in [0.15, 0.2) is 0 Å². The summed E-state index contributed by atoms with van der Waals surface area (Å²) in [5.41, 5.74) is 0. The highest BCUT2D eigenvalue weighted by Gasteiger charge is 1.66. The summed E-state index contributed by atoms with van der Waals surface area (Å²) in [6.45, 7) is 1.13. The minimum atomic E-state index is 1.13. The van der Waals surface area contributed by atoms with Crippen LogP contribution in [0.2, 0.25) is 0 Å². The summed E-state index contributed by atoms with van der Waals surface area (Å²) in [5, 5.41) is 3.01. The number of hydrogen-bond donors (Lipinski definition) is 1. The molecule has 5 heavy (non-hydrogen) atoms. The maximum absolute atomic E-state index is 3.01. The van der Waals surface area contributed by atoms with Gasteiger partial charge in [0, 0.05) is 11.0 Å². The van der Waals surface area contributed by atoms with Crippen LogP contribution in [0.5, 0.6) is 0 Å². The van der Waals surface area contributed by atoms with Crippen molar-refractivity contribution in [3.05, 3.63) is 0 Å². The van der Waals surface area contributed by atoms with Gasteiger partial charge >= 0.3 is 0 Å². The van der Waals surface area contributed by atoms with Crippen LogP contribution in [0.1, 0.15) is 0 Å². The molecule has 0 bridgehead atoms. The van der Waals surface area contributed by atoms with E-state index in [-0.39, 0.29) is 0 Å². The average molecular weight is 185 g/mol. The minimum absolute atomic E-state index is 1.13. The van der Waals surface area contributed by atoms with E-state index in [1.807, 2.05) is 7.05 Å². The van der Waals surface area contributed by atoms with Gasteiger partial charge < -0.3 is 5.32 Å². The van der Waals surface area contributed by atoms with Gasteiger partial charge in [-0.2, -0.15) is 0 Å². The summed E-state index contributed by atoms with van der Waals surface area (Å²) in [7, 11) is 1.96. The van der Waals surface area contributed by atoms with Crippen molar-refractivity contribution >= 4 is 22.6 Å². The first-order chi connectivity index (χ1) is 2.41. The van der Waals surface area contributed by atoms with Crippen LogP contribution in [-0.2, 0) is 0 Å². The van der Waals surface area contributed by atoms with Gasteiger partial charge in [-0.1, -0.05) is 22.6 Å². The van der Waals surface area contributed by atoms with E-state index in [0.717, 1.165) is 6.54 Å². The van der Waals surface area contributed by atoms with Crippen molar-refractivity contribution in [3.63, 3.8) is 0 Å². The van der Waals surface area contributed by atoms with E-state index in [1.54, 1.807) is 0 Å². The Kier molecular flexibility index (Phi) is 5.34. The van der Waals surface area contributed by atoms with Gasteiger partial charge in [0.1, 0.15) is 0 Å². The lowest BCUT2D eigenvalue weighted by atomic mass is 10.8. The number of halogens is 1. The standard InChI is InChI=1S/C3H8IN/c1-5-3-2-4/h5H,2-3H2,1H3. The maximum Gasteiger partial charge on any atom is 0.0121 e. The Balaban J connectivity index is 2.19. The highest BCUT2D eigenvalue weighted by molar-refractivity contribution is 14.1. The van der Waals surface area contributed by atoms with E-state index >= 15 is 0 Å². The molecule has 0 aromatic rings. The Labute approximate surface area is 46.3 Å². The molecular weight excluding hydrogens is 177 g/mol. The Morgan fingerprint density at radius 2 is 2.40 bits per heavy atom. The highest BCUT2D eigenvalue weighted by Crippen LogP contribution is 1.72. The predicted molar refractivity (Wildman–Crippen MR) is 32.8 cm³/mol. The quantitative estimate of drug-likeness (QED) is 0.491. The summed E-state index contributed by atoms with van der Waals surface area (Å²) < 4.78 is 1.20. The molecule has 1 nitrogen and oxygen atoms in total. The fourth-order valence-corrected chi connectivity index (χ4v) is 0.634. The Morgan fingerprint density at radius 1 is 1.80 bits per heavy atom. The van der Waals surface area contributed by atoms with Crippen LogP contribution in [0.25, 0.3) is 0 Å². The van der Waals surface area contributed by atoms with Crippen molar-refractivity contribution in [2.45, 2.75) is 0 Å². The van der Waals surface area contributed by atoms with Crippen LogP contribution in [0, 0.1) is 0 Å². The predicted octanol–water partition coefficient (Wildman–Crippen LogP) is 0.641. The third-order valence-corrected chi connectivity index (χ3v) is 0.884. The van der Waals surface area contributed by atoms with Crippen LogP contribution < -0.4 is 5.32 Å². The molecule has 0 fully saturated rings. The van der Waals surface area contributed by atoms with Gasteiger partial charge in [0.2, 0.25) is 0 Å². The van der Waals surface area contributed by atoms with Crippen molar-refractivity contribution in [2.75, 3.05) is 18.0 Å². The van der Waals surface area contributed by atoms with Crippen LogP contribution in [-0.4, -0.2) is 18.0 Å². The Hall–Kier alpha value is 0.690. The van der Waals surface area contributed by atoms with E-state index in [1.165, 1.54) is 4.43 Å². The number of nitrogens with one attached hydrogen (secondary N) is 1. The van der Waals surface area contributed by atoms with Gasteiger partial charge in [0.15, 0.2) is 0 Å². The van der Waals surface area contributed by atoms with E-state index < -0.39 is 0 Å². The van der Waals surface area contributed by atoms with Crippen LogP contribution in [0.3, 0.4) is 0 Å². The van der Waals surface area contributed by atoms with E-state index in [0.29, 0.717) is 0 Å². The van der Waals surface area contributed by atoms with Crippen molar-refractivity contribution in [3.8, 4) is 0 Å². The first-order valence-corrected chi connectivity index (χ1v) is 3.15. The molecule has 2 heteroatoms. The van der Waals surface area contributed by atoms with E-state index in [4.69, 9.17) is 0 Å². The lowest BCUT2D eigenvalue weighted by Crippen LogP contribution is -2.07. The Morgan fingerprint density at radius 3 is 2.40 bits per heavy atom. The zero-order valence-electron chi connectivity index (χ0n) is 3.29. The second kappa shape index (κ2) is 4.69. The van der Waals surface area contributed by atoms with Gasteiger partial charge in [0.25, 0.3) is 0 Å². The molecule has 0 radical (unpaired) electrons. The largest absolute Gasteiger partial charge is 0.319 e. The lowest BCUT2D eigenvalue weighted by molar-refractivity contribution is 0.880. The number of alkyl halides is 1. The van der Waals surface area contributed by atoms with Gasteiger partial charge in [-0.05, 0) is 7.05 Å². The van der Waals surface area contributed by atoms with Gasteiger partial charge in [0.05, 0.1) is 0 Å². The molecule has 0 saturated carbocycles. The fraction of sp³-hybridized carbons (Fsp3) is 1.00. The van der Waals surface area contributed by atoms with Crippen molar-refractivity contribution in [2.24, 2.45) is 0 Å². The zero-order chi connectivity index (χ0) is 4.12. The van der Waals surface area contributed by atoms with Gasteiger partial charge in [-0.15, -0.1) is 0 Å². The molecule has 0 unspecified atom stereocenters. The van der Waals surface area contributed by atoms with Gasteiger partial charge in [-0.25, -0.2) is 0 Å². The van der Waals surface area contributed by atoms with E-state index in [2.05, 4.69) is 27.9 Å². The monoisotopic (exact) mass is 185 g/mol. The lowest BCUT2D eigenvalue weighted by Gasteiger charge is -1.83. The fourth-order valence-electron chi connectivity index (χ4n) is 0.0945. The third kappa shape index (κ3) is 4.69. The zero-order valence-corrected chi connectivity index (χ0v) is 5.45. The molecule has 0 amide bonds. The molecule has 0 aliphatic heterocycles. The van der Waals surface area contributed by atoms with Crippen LogP contribution in [0.4, 0.5) is 0 Å². The molecule has 32 valence electrons. The summed E-state index contributed by atoms with van der Waals surface area (Å²) in [5.74, 6) is 0. The molecule has 1 N–H and O–H groups in total. The average Bonchev–Trinajstić information content (AvgIpc) is 1.41. The maximum atomic E-state index is 3.01. The van der Waals surface area contributed by atoms with Crippen molar-refractivity contribution in [1.29, 1.82) is 0 Å². The molecule has 0 atom stereocenters. The van der Waals surface area contributed by atoms with Gasteiger partial charge in [-0.3, -0.25) is 0 Å². The molecule has 0 aliphatic carbocycles. The molecule has 0 spiro atoms. The third-order valence-electron chi connectivity index (χ3n) is 0.344. The van der Waals surface area contributed by atoms with Crippen molar-refractivity contribution in [1.82, 2.24) is 5.32 Å². The number of hydrogen-bond acceptors (Lipinski definition) is 1. The summed E-state index contributed by atoms with van der Waals surface area (Å²) in [4.78, 5) is 0. The second-order valence-electron chi connectivity index (χ2n) is 0.793. The highest BCUT2D eigenvalue weighted by atomic mass is 127. The normalized spacial score (nSPS) is 8.40. The second-order valence-corrected chi connectivity index (χ2v) is 1.87. The molecular formula is C3H8IN. The first-order valence-electron chi connectivity index (χ1n) is 1.62. The molecule has 0 heterocycles. The SMILES string of the molecule is CNCCI. The topological polar surface area (TPSA) is 12.0 Å². The van der Waals surface area contributed by atoms with Crippen LogP contribution >= 0.6 is 22.6 Å². The summed E-state index contributed by atoms with van der Waals surface area (Å²) in [6, 6.07) is 0. The molecule has 0 rings (SSSR count). The summed E-state index contributed by atoms with van der Waals surface area (Å²) in [6.07, 6.45) is 0. The smallest absolute Gasteiger partial charge is 0.0121 e. The molecule has 0 aromatic carbocycles. The minimum Gasteiger partial charge on any atom is -0.319 e.